The minimum absolute atomic E-state index is 0.0443. The third kappa shape index (κ3) is 1.69. The molecule has 1 N–H and O–H groups in total. The Balaban J connectivity index is 2.77. The van der Waals surface area contributed by atoms with Gasteiger partial charge < -0.3 is 5.11 Å². The summed E-state index contributed by atoms with van der Waals surface area (Å²) in [5, 5.41) is 10.9. The van der Waals surface area contributed by atoms with Crippen molar-refractivity contribution in [3.63, 3.8) is 0 Å². The van der Waals surface area contributed by atoms with E-state index in [1.165, 1.54) is 6.07 Å². The van der Waals surface area contributed by atoms with Gasteiger partial charge in [-0.15, -0.1) is 0 Å². The second-order valence-electron chi connectivity index (χ2n) is 4.68. The van der Waals surface area contributed by atoms with E-state index in [4.69, 9.17) is 0 Å². The third-order valence-corrected chi connectivity index (χ3v) is 2.99. The second kappa shape index (κ2) is 3.87. The highest BCUT2D eigenvalue weighted by Crippen LogP contribution is 2.30. The Morgan fingerprint density at radius 3 is 2.38 bits per heavy atom. The van der Waals surface area contributed by atoms with E-state index < -0.39 is 0 Å². The normalized spacial score (nSPS) is 12.0. The van der Waals surface area contributed by atoms with Crippen LogP contribution >= 0.6 is 0 Å². The van der Waals surface area contributed by atoms with Crippen molar-refractivity contribution < 1.29 is 9.50 Å². The van der Waals surface area contributed by atoms with E-state index in [9.17, 15) is 9.50 Å². The number of rotatable bonds is 2. The van der Waals surface area contributed by atoms with E-state index in [1.54, 1.807) is 12.1 Å². The van der Waals surface area contributed by atoms with Crippen molar-refractivity contribution in [2.75, 3.05) is 6.61 Å². The fourth-order valence-electron chi connectivity index (χ4n) is 1.95. The Morgan fingerprint density at radius 1 is 1.06 bits per heavy atom. The topological polar surface area (TPSA) is 20.2 Å². The van der Waals surface area contributed by atoms with Gasteiger partial charge in [-0.2, -0.15) is 0 Å². The first-order chi connectivity index (χ1) is 7.56. The Hall–Kier alpha value is -1.41. The van der Waals surface area contributed by atoms with Crippen molar-refractivity contribution in [3.8, 4) is 0 Å². The van der Waals surface area contributed by atoms with Gasteiger partial charge in [-0.05, 0) is 17.0 Å². The number of aliphatic hydroxyl groups excluding tert-OH is 1. The molecule has 0 saturated carbocycles. The van der Waals surface area contributed by atoms with Crippen LogP contribution in [0.5, 0.6) is 0 Å². The first-order valence-corrected chi connectivity index (χ1v) is 5.35. The first kappa shape index (κ1) is 11.1. The SMILES string of the molecule is CC(C)(CO)c1cccc2c(F)cccc12. The molecular weight excluding hydrogens is 203 g/mol. The predicted octanol–water partition coefficient (Wildman–Crippen LogP) is 3.25. The lowest BCUT2D eigenvalue weighted by Gasteiger charge is -2.24. The van der Waals surface area contributed by atoms with Gasteiger partial charge in [-0.1, -0.05) is 44.2 Å². The maximum absolute atomic E-state index is 13.6. The minimum atomic E-state index is -0.354. The molecule has 0 amide bonds. The van der Waals surface area contributed by atoms with Crippen molar-refractivity contribution >= 4 is 10.8 Å². The Kier molecular flexibility index (Phi) is 2.68. The molecule has 2 rings (SSSR count). The van der Waals surface area contributed by atoms with Crippen LogP contribution in [0.4, 0.5) is 4.39 Å². The third-order valence-electron chi connectivity index (χ3n) is 2.99. The Morgan fingerprint density at radius 2 is 1.69 bits per heavy atom. The highest BCUT2D eigenvalue weighted by molar-refractivity contribution is 5.87. The van der Waals surface area contributed by atoms with Crippen LogP contribution < -0.4 is 0 Å². The molecule has 0 aliphatic carbocycles. The summed E-state index contributed by atoms with van der Waals surface area (Å²) in [6, 6.07) is 10.6. The molecule has 0 spiro atoms. The van der Waals surface area contributed by atoms with Crippen LogP contribution in [0.25, 0.3) is 10.8 Å². The van der Waals surface area contributed by atoms with E-state index in [0.717, 1.165) is 10.9 Å². The number of hydrogen-bond acceptors (Lipinski definition) is 1. The molecule has 0 radical (unpaired) electrons. The van der Waals surface area contributed by atoms with Crippen LogP contribution in [0, 0.1) is 5.82 Å². The number of benzene rings is 2. The lowest BCUT2D eigenvalue weighted by atomic mass is 9.82. The molecule has 0 unspecified atom stereocenters. The molecule has 0 fully saturated rings. The smallest absolute Gasteiger partial charge is 0.131 e. The molecule has 2 aromatic rings. The van der Waals surface area contributed by atoms with Crippen LogP contribution in [0.1, 0.15) is 19.4 Å². The summed E-state index contributed by atoms with van der Waals surface area (Å²) in [7, 11) is 0. The molecule has 0 atom stereocenters. The molecule has 0 bridgehead atoms. The number of fused-ring (bicyclic) bond motifs is 1. The van der Waals surface area contributed by atoms with Gasteiger partial charge in [0.1, 0.15) is 5.82 Å². The summed E-state index contributed by atoms with van der Waals surface area (Å²) in [6.07, 6.45) is 0. The molecule has 0 aliphatic heterocycles. The quantitative estimate of drug-likeness (QED) is 0.820. The first-order valence-electron chi connectivity index (χ1n) is 5.35. The second-order valence-corrected chi connectivity index (χ2v) is 4.68. The monoisotopic (exact) mass is 218 g/mol. The van der Waals surface area contributed by atoms with Gasteiger partial charge in [-0.25, -0.2) is 4.39 Å². The highest BCUT2D eigenvalue weighted by Gasteiger charge is 2.21. The van der Waals surface area contributed by atoms with Gasteiger partial charge in [0.2, 0.25) is 0 Å². The molecule has 2 aromatic carbocycles. The van der Waals surface area contributed by atoms with Crippen LogP contribution in [-0.2, 0) is 5.41 Å². The Labute approximate surface area is 94.5 Å². The van der Waals surface area contributed by atoms with Gasteiger partial charge in [0.25, 0.3) is 0 Å². The average molecular weight is 218 g/mol. The minimum Gasteiger partial charge on any atom is -0.395 e. The van der Waals surface area contributed by atoms with Crippen LogP contribution in [0.2, 0.25) is 0 Å². The van der Waals surface area contributed by atoms with Crippen molar-refractivity contribution in [1.82, 2.24) is 0 Å². The maximum Gasteiger partial charge on any atom is 0.131 e. The summed E-state index contributed by atoms with van der Waals surface area (Å²) in [5.74, 6) is -0.215. The molecule has 1 nitrogen and oxygen atoms in total. The highest BCUT2D eigenvalue weighted by atomic mass is 19.1. The predicted molar refractivity (Wildman–Crippen MR) is 64.0 cm³/mol. The van der Waals surface area contributed by atoms with Gasteiger partial charge in [0, 0.05) is 10.8 Å². The molecule has 84 valence electrons. The van der Waals surface area contributed by atoms with E-state index >= 15 is 0 Å². The van der Waals surface area contributed by atoms with Crippen LogP contribution in [0.15, 0.2) is 36.4 Å². The van der Waals surface area contributed by atoms with Gasteiger partial charge >= 0.3 is 0 Å². The van der Waals surface area contributed by atoms with Crippen molar-refractivity contribution in [1.29, 1.82) is 0 Å². The zero-order chi connectivity index (χ0) is 11.8. The lowest BCUT2D eigenvalue weighted by Crippen LogP contribution is -2.22. The Bertz CT molecular complexity index is 517. The molecule has 0 saturated heterocycles. The molecule has 2 heteroatoms. The van der Waals surface area contributed by atoms with Gasteiger partial charge in [0.15, 0.2) is 0 Å². The van der Waals surface area contributed by atoms with Crippen molar-refractivity contribution in [2.45, 2.75) is 19.3 Å². The molecular formula is C14H15FO. The zero-order valence-corrected chi connectivity index (χ0v) is 9.50. The fourth-order valence-corrected chi connectivity index (χ4v) is 1.95. The summed E-state index contributed by atoms with van der Waals surface area (Å²) >= 11 is 0. The van der Waals surface area contributed by atoms with E-state index in [0.29, 0.717) is 5.39 Å². The summed E-state index contributed by atoms with van der Waals surface area (Å²) in [6.45, 7) is 3.95. The number of aliphatic hydroxyl groups is 1. The van der Waals surface area contributed by atoms with Crippen molar-refractivity contribution in [2.24, 2.45) is 0 Å². The van der Waals surface area contributed by atoms with E-state index in [2.05, 4.69) is 0 Å². The summed E-state index contributed by atoms with van der Waals surface area (Å²) in [4.78, 5) is 0. The zero-order valence-electron chi connectivity index (χ0n) is 9.50. The average Bonchev–Trinajstić information content (AvgIpc) is 2.29. The largest absolute Gasteiger partial charge is 0.395 e. The standard InChI is InChI=1S/C14H15FO/c1-14(2,9-16)12-7-3-6-11-10(12)5-4-8-13(11)15/h3-8,16H,9H2,1-2H3. The molecule has 0 aromatic heterocycles. The van der Waals surface area contributed by atoms with Crippen LogP contribution in [0.3, 0.4) is 0 Å². The molecule has 0 aliphatic rings. The maximum atomic E-state index is 13.6. The van der Waals surface area contributed by atoms with Gasteiger partial charge in [0.05, 0.1) is 6.61 Å². The molecule has 16 heavy (non-hydrogen) atoms. The lowest BCUT2D eigenvalue weighted by molar-refractivity contribution is 0.219. The van der Waals surface area contributed by atoms with Gasteiger partial charge in [-0.3, -0.25) is 0 Å². The van der Waals surface area contributed by atoms with E-state index in [1.807, 2.05) is 32.0 Å². The summed E-state index contributed by atoms with van der Waals surface area (Å²) in [5.41, 5.74) is 0.625. The number of halogens is 1. The van der Waals surface area contributed by atoms with Crippen molar-refractivity contribution in [3.05, 3.63) is 47.8 Å². The summed E-state index contributed by atoms with van der Waals surface area (Å²) < 4.78 is 13.6. The number of hydrogen-bond donors (Lipinski definition) is 1. The fraction of sp³-hybridized carbons (Fsp3) is 0.286. The molecule has 0 heterocycles. The van der Waals surface area contributed by atoms with Crippen LogP contribution in [-0.4, -0.2) is 11.7 Å². The van der Waals surface area contributed by atoms with E-state index in [-0.39, 0.29) is 17.8 Å².